The monoisotopic (exact) mass is 423 g/mol. The minimum Gasteiger partial charge on any atom is -0.365 e. The molecule has 10 heteroatoms. The number of nitro groups is 1. The van der Waals surface area contributed by atoms with Crippen molar-refractivity contribution in [1.82, 2.24) is 4.90 Å². The van der Waals surface area contributed by atoms with Gasteiger partial charge in [0.25, 0.3) is 16.8 Å². The summed E-state index contributed by atoms with van der Waals surface area (Å²) in [4.78, 5) is 36.1. The molecule has 0 aliphatic carbocycles. The van der Waals surface area contributed by atoms with Crippen LogP contribution in [0.1, 0.15) is 5.56 Å². The van der Waals surface area contributed by atoms with Crippen LogP contribution in [0.15, 0.2) is 47.4 Å². The van der Waals surface area contributed by atoms with Gasteiger partial charge in [0.15, 0.2) is 0 Å². The fourth-order valence-corrected chi connectivity index (χ4v) is 3.78. The standard InChI is InChI=1S/C17H11Cl2N3O4S/c18-12-7-11(22(25)26)8-13(19)15(12)20-9-21-16(23)14(27-17(21)24)6-10-4-2-1-3-5-10/h1-8,20H,9H2/b14-6+. The first-order chi connectivity index (χ1) is 12.9. The third-order valence-electron chi connectivity index (χ3n) is 3.62. The van der Waals surface area contributed by atoms with Gasteiger partial charge in [0.1, 0.15) is 0 Å². The second-order valence-electron chi connectivity index (χ2n) is 5.40. The van der Waals surface area contributed by atoms with E-state index in [2.05, 4.69) is 5.32 Å². The highest BCUT2D eigenvalue weighted by Gasteiger charge is 2.35. The zero-order chi connectivity index (χ0) is 19.6. The molecule has 1 N–H and O–H groups in total. The lowest BCUT2D eigenvalue weighted by Crippen LogP contribution is -2.33. The van der Waals surface area contributed by atoms with E-state index in [1.165, 1.54) is 0 Å². The number of nitrogens with zero attached hydrogens (tertiary/aromatic N) is 2. The second kappa shape index (κ2) is 7.99. The van der Waals surface area contributed by atoms with Crippen LogP contribution in [0.5, 0.6) is 0 Å². The Morgan fingerprint density at radius 1 is 1.15 bits per heavy atom. The molecule has 0 saturated carbocycles. The fraction of sp³-hybridized carbons (Fsp3) is 0.0588. The maximum Gasteiger partial charge on any atom is 0.295 e. The first-order valence-electron chi connectivity index (χ1n) is 7.54. The number of carbonyl (C=O) groups excluding carboxylic acids is 2. The van der Waals surface area contributed by atoms with Gasteiger partial charge in [-0.15, -0.1) is 0 Å². The van der Waals surface area contributed by atoms with E-state index >= 15 is 0 Å². The number of amides is 2. The molecule has 2 amide bonds. The molecule has 0 aromatic heterocycles. The van der Waals surface area contributed by atoms with E-state index < -0.39 is 16.1 Å². The van der Waals surface area contributed by atoms with Gasteiger partial charge in [-0.3, -0.25) is 24.6 Å². The summed E-state index contributed by atoms with van der Waals surface area (Å²) >= 11 is 12.9. The van der Waals surface area contributed by atoms with Crippen molar-refractivity contribution < 1.29 is 14.5 Å². The van der Waals surface area contributed by atoms with E-state index in [9.17, 15) is 19.7 Å². The van der Waals surface area contributed by atoms with E-state index in [0.717, 1.165) is 34.4 Å². The summed E-state index contributed by atoms with van der Waals surface area (Å²) in [6.07, 6.45) is 1.64. The van der Waals surface area contributed by atoms with Crippen molar-refractivity contribution in [2.24, 2.45) is 0 Å². The SMILES string of the molecule is O=C1S/C(=C/c2ccccc2)C(=O)N1CNc1c(Cl)cc([N+](=O)[O-])cc1Cl. The van der Waals surface area contributed by atoms with E-state index in [1.807, 2.05) is 30.3 Å². The normalized spacial score (nSPS) is 15.5. The summed E-state index contributed by atoms with van der Waals surface area (Å²) in [6, 6.07) is 11.4. The number of carbonyl (C=O) groups is 2. The van der Waals surface area contributed by atoms with Gasteiger partial charge in [0, 0.05) is 12.1 Å². The lowest BCUT2D eigenvalue weighted by atomic mass is 10.2. The molecule has 138 valence electrons. The minimum atomic E-state index is -0.619. The van der Waals surface area contributed by atoms with Crippen LogP contribution < -0.4 is 5.32 Å². The molecule has 7 nitrogen and oxygen atoms in total. The number of rotatable bonds is 5. The molecule has 2 aromatic rings. The number of hydrogen-bond donors (Lipinski definition) is 1. The van der Waals surface area contributed by atoms with Gasteiger partial charge in [-0.25, -0.2) is 0 Å². The Labute approximate surface area is 168 Å². The number of imide groups is 1. The smallest absolute Gasteiger partial charge is 0.295 e. The number of nitrogens with one attached hydrogen (secondary N) is 1. The second-order valence-corrected chi connectivity index (χ2v) is 7.20. The molecule has 0 atom stereocenters. The molecule has 0 radical (unpaired) electrons. The molecule has 2 aromatic carbocycles. The van der Waals surface area contributed by atoms with E-state index in [4.69, 9.17) is 23.2 Å². The van der Waals surface area contributed by atoms with E-state index in [0.29, 0.717) is 4.91 Å². The number of halogens is 2. The lowest BCUT2D eigenvalue weighted by Gasteiger charge is -2.16. The summed E-state index contributed by atoms with van der Waals surface area (Å²) < 4.78 is 0. The van der Waals surface area contributed by atoms with Crippen LogP contribution in [-0.2, 0) is 4.79 Å². The zero-order valence-corrected chi connectivity index (χ0v) is 15.8. The van der Waals surface area contributed by atoms with Crippen LogP contribution >= 0.6 is 35.0 Å². The van der Waals surface area contributed by atoms with Gasteiger partial charge in [-0.2, -0.15) is 0 Å². The van der Waals surface area contributed by atoms with Crippen molar-refractivity contribution in [3.63, 3.8) is 0 Å². The molecule has 1 heterocycles. The molecule has 1 saturated heterocycles. The quantitative estimate of drug-likeness (QED) is 0.412. The maximum atomic E-state index is 12.5. The average molecular weight is 424 g/mol. The van der Waals surface area contributed by atoms with Crippen LogP contribution in [0, 0.1) is 10.1 Å². The maximum absolute atomic E-state index is 12.5. The van der Waals surface area contributed by atoms with Gasteiger partial charge >= 0.3 is 0 Å². The molecule has 0 spiro atoms. The summed E-state index contributed by atoms with van der Waals surface area (Å²) in [5.41, 5.74) is 0.750. The molecular weight excluding hydrogens is 413 g/mol. The highest BCUT2D eigenvalue weighted by Crippen LogP contribution is 2.36. The summed E-state index contributed by atoms with van der Waals surface area (Å²) in [6.45, 7) is -0.173. The van der Waals surface area contributed by atoms with Crippen molar-refractivity contribution in [3.8, 4) is 0 Å². The molecule has 0 unspecified atom stereocenters. The van der Waals surface area contributed by atoms with Crippen molar-refractivity contribution in [3.05, 3.63) is 73.1 Å². The Morgan fingerprint density at radius 3 is 2.37 bits per heavy atom. The van der Waals surface area contributed by atoms with Crippen molar-refractivity contribution in [2.45, 2.75) is 0 Å². The predicted octanol–water partition coefficient (Wildman–Crippen LogP) is 5.01. The van der Waals surface area contributed by atoms with Crippen LogP contribution in [-0.4, -0.2) is 27.6 Å². The van der Waals surface area contributed by atoms with Gasteiger partial charge in [-0.05, 0) is 23.4 Å². The van der Waals surface area contributed by atoms with Crippen LogP contribution in [0.25, 0.3) is 6.08 Å². The Hall–Kier alpha value is -2.55. The largest absolute Gasteiger partial charge is 0.365 e. The van der Waals surface area contributed by atoms with Crippen molar-refractivity contribution in [2.75, 3.05) is 12.0 Å². The Balaban J connectivity index is 1.75. The first-order valence-corrected chi connectivity index (χ1v) is 9.12. The number of nitro benzene ring substituents is 1. The molecule has 1 fully saturated rings. The van der Waals surface area contributed by atoms with Crippen LogP contribution in [0.3, 0.4) is 0 Å². The molecule has 3 rings (SSSR count). The van der Waals surface area contributed by atoms with E-state index in [-0.39, 0.29) is 28.1 Å². The topological polar surface area (TPSA) is 92.6 Å². The van der Waals surface area contributed by atoms with Crippen molar-refractivity contribution >= 4 is 63.6 Å². The highest BCUT2D eigenvalue weighted by atomic mass is 35.5. The molecule has 0 bridgehead atoms. The summed E-state index contributed by atoms with van der Waals surface area (Å²) in [5.74, 6) is -0.449. The molecule has 1 aliphatic heterocycles. The number of hydrogen-bond acceptors (Lipinski definition) is 6. The minimum absolute atomic E-state index is 0.0148. The Bertz CT molecular complexity index is 943. The number of non-ortho nitro benzene ring substituents is 1. The summed E-state index contributed by atoms with van der Waals surface area (Å²) in [7, 11) is 0. The van der Waals surface area contributed by atoms with Crippen LogP contribution in [0.2, 0.25) is 10.0 Å². The zero-order valence-electron chi connectivity index (χ0n) is 13.5. The Morgan fingerprint density at radius 2 is 1.78 bits per heavy atom. The number of thioether (sulfide) groups is 1. The summed E-state index contributed by atoms with van der Waals surface area (Å²) in [5, 5.41) is 13.2. The average Bonchev–Trinajstić information content (AvgIpc) is 2.88. The predicted molar refractivity (Wildman–Crippen MR) is 106 cm³/mol. The molecular formula is C17H11Cl2N3O4S. The first kappa shape index (κ1) is 19.2. The van der Waals surface area contributed by atoms with Gasteiger partial charge in [0.2, 0.25) is 0 Å². The third-order valence-corrected chi connectivity index (χ3v) is 5.13. The Kier molecular flexibility index (Phi) is 5.69. The highest BCUT2D eigenvalue weighted by molar-refractivity contribution is 8.18. The van der Waals surface area contributed by atoms with Gasteiger partial charge in [0.05, 0.1) is 32.2 Å². The van der Waals surface area contributed by atoms with Gasteiger partial charge in [-0.1, -0.05) is 53.5 Å². The fourth-order valence-electron chi connectivity index (χ4n) is 2.33. The lowest BCUT2D eigenvalue weighted by molar-refractivity contribution is -0.384. The molecule has 27 heavy (non-hydrogen) atoms. The number of benzene rings is 2. The molecule has 1 aliphatic rings. The van der Waals surface area contributed by atoms with E-state index in [1.54, 1.807) is 6.08 Å². The third kappa shape index (κ3) is 4.24. The van der Waals surface area contributed by atoms with Gasteiger partial charge < -0.3 is 5.32 Å². The van der Waals surface area contributed by atoms with Crippen LogP contribution in [0.4, 0.5) is 16.2 Å². The van der Waals surface area contributed by atoms with Crippen molar-refractivity contribution in [1.29, 1.82) is 0 Å². The number of anilines is 1.